The zero-order valence-corrected chi connectivity index (χ0v) is 20.5. The molecule has 0 spiro atoms. The molecule has 0 bridgehead atoms. The molecule has 4 rings (SSSR count). The van der Waals surface area contributed by atoms with E-state index in [2.05, 4.69) is 20.7 Å². The third kappa shape index (κ3) is 9.45. The van der Waals surface area contributed by atoms with Gasteiger partial charge >= 0.3 is 17.1 Å². The van der Waals surface area contributed by atoms with Crippen molar-refractivity contribution in [3.63, 3.8) is 0 Å². The van der Waals surface area contributed by atoms with Gasteiger partial charge < -0.3 is 15.3 Å². The van der Waals surface area contributed by atoms with Crippen molar-refractivity contribution in [3.8, 4) is 11.5 Å². The molecule has 8 nitrogen and oxygen atoms in total. The van der Waals surface area contributed by atoms with Crippen LogP contribution in [0.3, 0.4) is 0 Å². The molecule has 0 heterocycles. The van der Waals surface area contributed by atoms with Gasteiger partial charge in [0.25, 0.3) is 5.91 Å². The van der Waals surface area contributed by atoms with Crippen molar-refractivity contribution in [1.29, 1.82) is 0 Å². The Morgan fingerprint density at radius 1 is 0.649 bits per heavy atom. The van der Waals surface area contributed by atoms with Crippen molar-refractivity contribution < 1.29 is 37.2 Å². The number of benzene rings is 4. The number of hydrogen-bond acceptors (Lipinski definition) is 7. The van der Waals surface area contributed by atoms with Crippen LogP contribution in [0.4, 0.5) is 0 Å². The minimum Gasteiger partial charge on any atom is -0.872 e. The molecule has 0 unspecified atom stereocenters. The molecule has 0 aliphatic rings. The van der Waals surface area contributed by atoms with Gasteiger partial charge in [-0.2, -0.15) is 15.3 Å². The molecule has 1 radical (unpaired) electrons. The van der Waals surface area contributed by atoms with Crippen molar-refractivity contribution in [3.05, 3.63) is 131 Å². The zero-order chi connectivity index (χ0) is 25.6. The summed E-state index contributed by atoms with van der Waals surface area (Å²) in [4.78, 5) is 11.6. The maximum absolute atomic E-state index is 11.6. The molecular formula is C28H21FeN4O4. The Hall–Kier alpha value is -4.72. The van der Waals surface area contributed by atoms with E-state index in [4.69, 9.17) is 0 Å². The van der Waals surface area contributed by atoms with Crippen LogP contribution in [0, 0.1) is 0 Å². The second-order valence-corrected chi connectivity index (χ2v) is 7.16. The Morgan fingerprint density at radius 3 is 1.65 bits per heavy atom. The van der Waals surface area contributed by atoms with E-state index in [-0.39, 0.29) is 34.5 Å². The van der Waals surface area contributed by atoms with E-state index in [1.165, 1.54) is 24.6 Å². The first kappa shape index (κ1) is 28.5. The molecule has 4 aromatic rings. The standard InChI is InChI=1S/2C14H12N2O2.Fe/c2*17-13-9-5-4-8-12(13)10-15-16-14(18)11-6-2-1-3-7-11;/h2*1-10,17H,(H,16,18);/q;;+3/p-3/b2*15-10+;. The molecular weight excluding hydrogens is 512 g/mol. The molecule has 0 aliphatic heterocycles. The topological polar surface area (TPSA) is 135 Å². The monoisotopic (exact) mass is 533 g/mol. The molecule has 0 saturated carbocycles. The minimum atomic E-state index is -0.435. The second kappa shape index (κ2) is 15.3. The Kier molecular flexibility index (Phi) is 11.8. The van der Waals surface area contributed by atoms with Crippen LogP contribution in [0.1, 0.15) is 27.0 Å². The Bertz CT molecular complexity index is 1360. The SMILES string of the molecule is O=C(N/N=C/c1ccccc1[O-])c1ccccc1.[Fe+3].[O-]/C(=N\N=C\c1ccccc1[O-])c1ccccc1. The third-order valence-corrected chi connectivity index (χ3v) is 4.61. The van der Waals surface area contributed by atoms with Gasteiger partial charge in [0.05, 0.1) is 12.4 Å². The Morgan fingerprint density at radius 2 is 1.11 bits per heavy atom. The molecule has 1 amide bonds. The van der Waals surface area contributed by atoms with Crippen LogP contribution >= 0.6 is 0 Å². The smallest absolute Gasteiger partial charge is 0.872 e. The molecule has 4 aromatic carbocycles. The number of nitrogens with zero attached hydrogens (tertiary/aromatic N) is 3. The fourth-order valence-electron chi connectivity index (χ4n) is 2.77. The zero-order valence-electron chi connectivity index (χ0n) is 19.4. The summed E-state index contributed by atoms with van der Waals surface area (Å²) >= 11 is 0. The molecule has 1 N–H and O–H groups in total. The first-order valence-corrected chi connectivity index (χ1v) is 10.8. The summed E-state index contributed by atoms with van der Waals surface area (Å²) in [5.41, 5.74) is 4.19. The molecule has 0 aliphatic carbocycles. The van der Waals surface area contributed by atoms with E-state index in [1.54, 1.807) is 84.9 Å². The van der Waals surface area contributed by atoms with Crippen LogP contribution < -0.4 is 20.7 Å². The van der Waals surface area contributed by atoms with Crippen molar-refractivity contribution in [1.82, 2.24) is 5.43 Å². The van der Waals surface area contributed by atoms with Crippen LogP contribution in [0.25, 0.3) is 0 Å². The summed E-state index contributed by atoms with van der Waals surface area (Å²) in [6.45, 7) is 0. The summed E-state index contributed by atoms with van der Waals surface area (Å²) < 4.78 is 0. The van der Waals surface area contributed by atoms with E-state index in [9.17, 15) is 20.1 Å². The normalized spacial score (nSPS) is 10.9. The van der Waals surface area contributed by atoms with Crippen LogP contribution in [-0.4, -0.2) is 24.2 Å². The minimum absolute atomic E-state index is 0. The van der Waals surface area contributed by atoms with Crippen molar-refractivity contribution in [2.24, 2.45) is 15.3 Å². The van der Waals surface area contributed by atoms with Gasteiger partial charge in [0, 0.05) is 11.5 Å². The number of hydrogen-bond donors (Lipinski definition) is 1. The second-order valence-electron chi connectivity index (χ2n) is 7.16. The Labute approximate surface area is 224 Å². The average Bonchev–Trinajstić information content (AvgIpc) is 2.92. The molecule has 37 heavy (non-hydrogen) atoms. The molecule has 0 saturated heterocycles. The van der Waals surface area contributed by atoms with E-state index in [1.807, 2.05) is 12.1 Å². The van der Waals surface area contributed by atoms with Crippen LogP contribution in [0.15, 0.2) is 124 Å². The molecule has 0 fully saturated rings. The largest absolute Gasteiger partial charge is 3.00 e. The summed E-state index contributed by atoms with van der Waals surface area (Å²) in [5, 5.41) is 45.2. The van der Waals surface area contributed by atoms with E-state index in [0.717, 1.165) is 0 Å². The first-order valence-electron chi connectivity index (χ1n) is 10.8. The van der Waals surface area contributed by atoms with Gasteiger partial charge in [-0.3, -0.25) is 4.79 Å². The fraction of sp³-hybridized carbons (Fsp3) is 0. The molecule has 0 atom stereocenters. The van der Waals surface area contributed by atoms with E-state index in [0.29, 0.717) is 22.3 Å². The first-order chi connectivity index (χ1) is 17.5. The fourth-order valence-corrected chi connectivity index (χ4v) is 2.77. The molecule has 0 aromatic heterocycles. The quantitative estimate of drug-likeness (QED) is 0.176. The summed E-state index contributed by atoms with van der Waals surface area (Å²) in [6.07, 6.45) is 2.62. The predicted octanol–water partition coefficient (Wildman–Crippen LogP) is 2.42. The predicted molar refractivity (Wildman–Crippen MR) is 134 cm³/mol. The van der Waals surface area contributed by atoms with Gasteiger partial charge in [-0.1, -0.05) is 109 Å². The van der Waals surface area contributed by atoms with Crippen LogP contribution in [0.5, 0.6) is 11.5 Å². The summed E-state index contributed by atoms with van der Waals surface area (Å²) in [7, 11) is 0. The van der Waals surface area contributed by atoms with Gasteiger partial charge in [-0.05, 0) is 28.8 Å². The number of amides is 1. The third-order valence-electron chi connectivity index (χ3n) is 4.61. The van der Waals surface area contributed by atoms with Gasteiger partial charge in [0.15, 0.2) is 0 Å². The number of carbonyl (C=O) groups excluding carboxylic acids is 1. The summed E-state index contributed by atoms with van der Waals surface area (Å²) in [6, 6.07) is 30.3. The van der Waals surface area contributed by atoms with Crippen molar-refractivity contribution >= 4 is 24.2 Å². The number of rotatable bonds is 6. The average molecular weight is 533 g/mol. The number of carbonyl (C=O) groups is 1. The van der Waals surface area contributed by atoms with Gasteiger partial charge in [0.2, 0.25) is 0 Å². The van der Waals surface area contributed by atoms with Crippen molar-refractivity contribution in [2.75, 3.05) is 0 Å². The van der Waals surface area contributed by atoms with E-state index < -0.39 is 5.90 Å². The van der Waals surface area contributed by atoms with Gasteiger partial charge in [-0.15, -0.1) is 0 Å². The number of para-hydroxylation sites is 2. The van der Waals surface area contributed by atoms with E-state index >= 15 is 0 Å². The number of nitrogens with one attached hydrogen (secondary N) is 1. The molecule has 9 heteroatoms. The Balaban J connectivity index is 0.000000253. The maximum Gasteiger partial charge on any atom is 3.00 e. The van der Waals surface area contributed by atoms with Crippen LogP contribution in [-0.2, 0) is 17.1 Å². The van der Waals surface area contributed by atoms with Crippen LogP contribution in [0.2, 0.25) is 0 Å². The van der Waals surface area contributed by atoms with Gasteiger partial charge in [0.1, 0.15) is 0 Å². The molecule has 185 valence electrons. The van der Waals surface area contributed by atoms with Gasteiger partial charge in [-0.25, -0.2) is 5.43 Å². The maximum atomic E-state index is 11.6. The summed E-state index contributed by atoms with van der Waals surface area (Å²) in [5.74, 6) is -1.02. The number of hydrazone groups is 1. The van der Waals surface area contributed by atoms with Crippen molar-refractivity contribution in [2.45, 2.75) is 0 Å².